The molecule has 39 heavy (non-hydrogen) atoms. The van der Waals surface area contributed by atoms with Crippen molar-refractivity contribution in [2.75, 3.05) is 17.2 Å². The van der Waals surface area contributed by atoms with Crippen LogP contribution in [-0.4, -0.2) is 33.1 Å². The number of ether oxygens (including phenoxy) is 1. The third-order valence-corrected chi connectivity index (χ3v) is 9.41. The van der Waals surface area contributed by atoms with Crippen molar-refractivity contribution in [3.63, 3.8) is 0 Å². The van der Waals surface area contributed by atoms with Crippen molar-refractivity contribution >= 4 is 21.6 Å². The fraction of sp³-hybridized carbons (Fsp3) is 0.345. The summed E-state index contributed by atoms with van der Waals surface area (Å²) < 4.78 is 67.4. The van der Waals surface area contributed by atoms with E-state index in [1.165, 1.54) is 12.1 Å². The maximum atomic E-state index is 13.3. The maximum Gasteiger partial charge on any atom is 0.573 e. The number of nitrogens with one attached hydrogen (secondary N) is 1. The van der Waals surface area contributed by atoms with Crippen molar-refractivity contribution in [3.05, 3.63) is 77.9 Å². The van der Waals surface area contributed by atoms with Crippen LogP contribution in [-0.2, 0) is 21.8 Å². The van der Waals surface area contributed by atoms with Crippen molar-refractivity contribution < 1.29 is 31.1 Å². The zero-order valence-electron chi connectivity index (χ0n) is 21.4. The number of carbonyl (C=O) groups is 1. The molecule has 1 fully saturated rings. The van der Waals surface area contributed by atoms with Crippen molar-refractivity contribution in [1.82, 2.24) is 5.32 Å². The molecule has 1 saturated carbocycles. The summed E-state index contributed by atoms with van der Waals surface area (Å²) >= 11 is 0. The van der Waals surface area contributed by atoms with Crippen molar-refractivity contribution in [1.29, 1.82) is 0 Å². The number of nitrogens with zero attached hydrogens (tertiary/aromatic N) is 1. The first kappa shape index (κ1) is 27.1. The number of hydrogen-bond donors (Lipinski definition) is 1. The molecule has 206 valence electrons. The van der Waals surface area contributed by atoms with Crippen LogP contribution in [0.15, 0.2) is 71.6 Å². The highest BCUT2D eigenvalue weighted by Gasteiger charge is 2.46. The molecule has 10 heteroatoms. The van der Waals surface area contributed by atoms with E-state index in [1.807, 2.05) is 6.07 Å². The molecule has 5 rings (SSSR count). The van der Waals surface area contributed by atoms with Gasteiger partial charge in [0.15, 0.2) is 9.84 Å². The molecule has 0 unspecified atom stereocenters. The minimum atomic E-state index is -4.81. The quantitative estimate of drug-likeness (QED) is 0.371. The molecule has 6 nitrogen and oxygen atoms in total. The van der Waals surface area contributed by atoms with Gasteiger partial charge in [0.05, 0.1) is 10.6 Å². The number of para-hydroxylation sites is 1. The summed E-state index contributed by atoms with van der Waals surface area (Å²) in [5.74, 6) is -0.252. The van der Waals surface area contributed by atoms with Crippen LogP contribution in [0.4, 0.5) is 23.7 Å². The Balaban J connectivity index is 1.40. The van der Waals surface area contributed by atoms with Crippen LogP contribution in [0.1, 0.15) is 43.7 Å². The van der Waals surface area contributed by atoms with Crippen molar-refractivity contribution in [3.8, 4) is 16.9 Å². The van der Waals surface area contributed by atoms with Crippen LogP contribution in [0.3, 0.4) is 0 Å². The lowest BCUT2D eigenvalue weighted by Crippen LogP contribution is -2.41. The molecule has 1 aliphatic heterocycles. The summed E-state index contributed by atoms with van der Waals surface area (Å²) in [4.78, 5) is 15.3. The third-order valence-electron chi connectivity index (χ3n) is 7.66. The SMILES string of the molecule is CCS(=O)(=O)c1ccc(CNC(=O)N2CC3(CCCC3)c3cc(-c4ccccc4OC(F)(F)F)ccc32)cc1. The highest BCUT2D eigenvalue weighted by molar-refractivity contribution is 7.91. The second kappa shape index (κ2) is 10.2. The molecule has 0 aromatic heterocycles. The lowest BCUT2D eigenvalue weighted by atomic mass is 9.80. The van der Waals surface area contributed by atoms with Crippen LogP contribution in [0.5, 0.6) is 5.75 Å². The third kappa shape index (κ3) is 5.48. The Labute approximate surface area is 225 Å². The predicted octanol–water partition coefficient (Wildman–Crippen LogP) is 6.59. The zero-order valence-corrected chi connectivity index (χ0v) is 22.2. The topological polar surface area (TPSA) is 75.7 Å². The van der Waals surface area contributed by atoms with Gasteiger partial charge in [-0.15, -0.1) is 13.2 Å². The molecule has 3 aromatic carbocycles. The molecule has 1 aliphatic carbocycles. The lowest BCUT2D eigenvalue weighted by Gasteiger charge is -2.25. The Morgan fingerprint density at radius 1 is 1.03 bits per heavy atom. The molecular weight excluding hydrogens is 529 g/mol. The molecule has 1 N–H and O–H groups in total. The Kier molecular flexibility index (Phi) is 7.09. The van der Waals surface area contributed by atoms with E-state index in [0.29, 0.717) is 17.7 Å². The van der Waals surface area contributed by atoms with E-state index in [1.54, 1.807) is 60.4 Å². The minimum absolute atomic E-state index is 0.0157. The normalized spacial score (nSPS) is 16.4. The monoisotopic (exact) mass is 558 g/mol. The van der Waals surface area contributed by atoms with E-state index < -0.39 is 16.2 Å². The van der Waals surface area contributed by atoms with Gasteiger partial charge in [-0.3, -0.25) is 4.90 Å². The number of anilines is 1. The van der Waals surface area contributed by atoms with Gasteiger partial charge in [0.1, 0.15) is 5.75 Å². The number of sulfone groups is 1. The van der Waals surface area contributed by atoms with E-state index in [4.69, 9.17) is 0 Å². The van der Waals surface area contributed by atoms with E-state index in [2.05, 4.69) is 10.1 Å². The summed E-state index contributed by atoms with van der Waals surface area (Å²) in [5, 5.41) is 2.93. The van der Waals surface area contributed by atoms with Crippen LogP contribution in [0, 0.1) is 0 Å². The van der Waals surface area contributed by atoms with Crippen molar-refractivity contribution in [2.45, 2.75) is 55.8 Å². The molecule has 2 amide bonds. The number of rotatable bonds is 6. The standard InChI is InChI=1S/C29H29F3N2O4S/c1-2-39(36,37)22-12-9-20(10-13-22)18-33-27(35)34-19-28(15-5-6-16-28)24-17-21(11-14-25(24)34)23-7-3-4-8-26(23)38-29(30,31)32/h3-4,7-14,17H,2,5-6,15-16,18-19H2,1H3,(H,33,35). The number of hydrogen-bond acceptors (Lipinski definition) is 4. The number of benzene rings is 3. The zero-order chi connectivity index (χ0) is 27.8. The van der Waals surface area contributed by atoms with Crippen LogP contribution < -0.4 is 15.0 Å². The second-order valence-electron chi connectivity index (χ2n) is 10.1. The molecular formula is C29H29F3N2O4S. The van der Waals surface area contributed by atoms with E-state index >= 15 is 0 Å². The lowest BCUT2D eigenvalue weighted by molar-refractivity contribution is -0.274. The Hall–Kier alpha value is -3.53. The van der Waals surface area contributed by atoms with Gasteiger partial charge in [0, 0.05) is 29.8 Å². The van der Waals surface area contributed by atoms with Gasteiger partial charge in [0.25, 0.3) is 0 Å². The molecule has 1 heterocycles. The molecule has 3 aromatic rings. The van der Waals surface area contributed by atoms with Crippen molar-refractivity contribution in [2.24, 2.45) is 0 Å². The second-order valence-corrected chi connectivity index (χ2v) is 12.3. The average Bonchev–Trinajstić information content (AvgIpc) is 3.52. The Morgan fingerprint density at radius 3 is 2.38 bits per heavy atom. The average molecular weight is 559 g/mol. The Morgan fingerprint density at radius 2 is 1.72 bits per heavy atom. The summed E-state index contributed by atoms with van der Waals surface area (Å²) in [6, 6.07) is 17.7. The Bertz CT molecular complexity index is 1480. The maximum absolute atomic E-state index is 13.3. The van der Waals surface area contributed by atoms with Gasteiger partial charge in [-0.2, -0.15) is 0 Å². The first-order valence-electron chi connectivity index (χ1n) is 12.9. The molecule has 0 radical (unpaired) electrons. The smallest absolute Gasteiger partial charge is 0.405 e. The highest BCUT2D eigenvalue weighted by atomic mass is 32.2. The van der Waals surface area contributed by atoms with Gasteiger partial charge in [0.2, 0.25) is 0 Å². The summed E-state index contributed by atoms with van der Waals surface area (Å²) in [6.45, 7) is 2.31. The number of fused-ring (bicyclic) bond motifs is 2. The highest BCUT2D eigenvalue weighted by Crippen LogP contribution is 2.52. The largest absolute Gasteiger partial charge is 0.573 e. The summed E-state index contributed by atoms with van der Waals surface area (Å²) in [7, 11) is -3.30. The van der Waals surface area contributed by atoms with Gasteiger partial charge in [-0.05, 0) is 59.9 Å². The predicted molar refractivity (Wildman–Crippen MR) is 142 cm³/mol. The fourth-order valence-corrected chi connectivity index (χ4v) is 6.55. The molecule has 0 bridgehead atoms. The molecule has 2 aliphatic rings. The number of halogens is 3. The molecule has 0 saturated heterocycles. The van der Waals surface area contributed by atoms with Gasteiger partial charge in [-0.25, -0.2) is 13.2 Å². The van der Waals surface area contributed by atoms with Gasteiger partial charge in [-0.1, -0.05) is 56.2 Å². The summed E-state index contributed by atoms with van der Waals surface area (Å²) in [5.41, 5.74) is 3.16. The van der Waals surface area contributed by atoms with Gasteiger partial charge >= 0.3 is 12.4 Å². The van der Waals surface area contributed by atoms with Crippen LogP contribution >= 0.6 is 0 Å². The van der Waals surface area contributed by atoms with E-state index in [-0.39, 0.29) is 34.4 Å². The number of amides is 2. The number of carbonyl (C=O) groups excluding carboxylic acids is 1. The van der Waals surface area contributed by atoms with E-state index in [9.17, 15) is 26.4 Å². The van der Waals surface area contributed by atoms with Gasteiger partial charge < -0.3 is 10.1 Å². The van der Waals surface area contributed by atoms with Crippen LogP contribution in [0.2, 0.25) is 0 Å². The fourth-order valence-electron chi connectivity index (χ4n) is 5.67. The van der Waals surface area contributed by atoms with Crippen LogP contribution in [0.25, 0.3) is 11.1 Å². The summed E-state index contributed by atoms with van der Waals surface area (Å²) in [6.07, 6.45) is -0.999. The number of urea groups is 1. The first-order valence-corrected chi connectivity index (χ1v) is 14.5. The first-order chi connectivity index (χ1) is 18.5. The number of alkyl halides is 3. The van der Waals surface area contributed by atoms with E-state index in [0.717, 1.165) is 42.5 Å². The molecule has 0 atom stereocenters. The minimum Gasteiger partial charge on any atom is -0.405 e. The molecule has 1 spiro atoms.